The number of guanidine groups is 1. The fourth-order valence-electron chi connectivity index (χ4n) is 2.87. The van der Waals surface area contributed by atoms with Gasteiger partial charge in [0.25, 0.3) is 0 Å². The number of methoxy groups -OCH3 is 1. The monoisotopic (exact) mass is 568 g/mol. The van der Waals surface area contributed by atoms with E-state index in [-0.39, 0.29) is 48.1 Å². The second-order valence-corrected chi connectivity index (χ2v) is 8.88. The molecular weight excluding hydrogens is 531 g/mol. The van der Waals surface area contributed by atoms with Gasteiger partial charge in [-0.15, -0.1) is 24.0 Å². The predicted molar refractivity (Wildman–Crippen MR) is 145 cm³/mol. The largest absolute Gasteiger partial charge is 0.491 e. The number of hydrogen-bond donors (Lipinski definition) is 3. The zero-order valence-electron chi connectivity index (χ0n) is 20.4. The van der Waals surface area contributed by atoms with Gasteiger partial charge in [-0.3, -0.25) is 4.79 Å². The Morgan fingerprint density at radius 3 is 2.15 bits per heavy atom. The fourth-order valence-corrected chi connectivity index (χ4v) is 2.87. The van der Waals surface area contributed by atoms with Gasteiger partial charge in [-0.25, -0.2) is 4.99 Å². The number of benzene rings is 2. The molecular formula is C25H37IN4O3. The molecule has 0 aliphatic heterocycles. The second-order valence-electron chi connectivity index (χ2n) is 8.88. The summed E-state index contributed by atoms with van der Waals surface area (Å²) < 4.78 is 10.9. The first kappa shape index (κ1) is 28.7. The molecule has 2 aromatic carbocycles. The molecule has 0 radical (unpaired) electrons. The van der Waals surface area contributed by atoms with Crippen molar-refractivity contribution >= 4 is 41.5 Å². The minimum Gasteiger partial charge on any atom is -0.491 e. The van der Waals surface area contributed by atoms with Gasteiger partial charge in [0.2, 0.25) is 5.91 Å². The Bertz CT molecular complexity index is 876. The molecule has 0 fully saturated rings. The molecule has 0 bridgehead atoms. The molecule has 2 rings (SSSR count). The summed E-state index contributed by atoms with van der Waals surface area (Å²) in [4.78, 5) is 16.9. The van der Waals surface area contributed by atoms with Gasteiger partial charge in [-0.05, 0) is 70.0 Å². The van der Waals surface area contributed by atoms with Crippen LogP contribution >= 0.6 is 24.0 Å². The van der Waals surface area contributed by atoms with Gasteiger partial charge in [-0.2, -0.15) is 0 Å². The maximum absolute atomic E-state index is 12.3. The lowest BCUT2D eigenvalue weighted by molar-refractivity contribution is -0.121. The van der Waals surface area contributed by atoms with E-state index in [1.807, 2.05) is 83.1 Å². The van der Waals surface area contributed by atoms with Crippen LogP contribution in [0, 0.1) is 0 Å². The Balaban J connectivity index is 0.00000544. The van der Waals surface area contributed by atoms with E-state index in [1.54, 1.807) is 7.11 Å². The third kappa shape index (κ3) is 11.9. The molecule has 0 unspecified atom stereocenters. The van der Waals surface area contributed by atoms with Crippen molar-refractivity contribution in [1.29, 1.82) is 0 Å². The number of rotatable bonds is 9. The summed E-state index contributed by atoms with van der Waals surface area (Å²) in [5.41, 5.74) is 2.73. The quantitative estimate of drug-likeness (QED) is 0.232. The van der Waals surface area contributed by atoms with E-state index in [9.17, 15) is 4.79 Å². The Labute approximate surface area is 214 Å². The summed E-state index contributed by atoms with van der Waals surface area (Å²) in [6, 6.07) is 15.8. The van der Waals surface area contributed by atoms with E-state index < -0.39 is 0 Å². The third-order valence-corrected chi connectivity index (χ3v) is 4.17. The number of anilines is 1. The van der Waals surface area contributed by atoms with Crippen molar-refractivity contribution < 1.29 is 14.3 Å². The standard InChI is InChI=1S/C25H36N4O3.HI/c1-18(2)32-22-13-11-21(12-14-22)28-24(27-16-23(30)29-25(3,4)5)26-15-19-7-9-20(10-8-19)17-31-6;/h7-14,18H,15-17H2,1-6H3,(H,29,30)(H2,26,27,28);1H. The highest BCUT2D eigenvalue weighted by atomic mass is 127. The van der Waals surface area contributed by atoms with Gasteiger partial charge in [0, 0.05) is 18.3 Å². The number of amides is 1. The van der Waals surface area contributed by atoms with Crippen molar-refractivity contribution in [1.82, 2.24) is 10.6 Å². The number of hydrogen-bond acceptors (Lipinski definition) is 4. The van der Waals surface area contributed by atoms with Crippen LogP contribution in [-0.2, 0) is 22.7 Å². The molecule has 0 aliphatic carbocycles. The van der Waals surface area contributed by atoms with Gasteiger partial charge in [0.15, 0.2) is 5.96 Å². The molecule has 182 valence electrons. The van der Waals surface area contributed by atoms with Crippen LogP contribution in [0.5, 0.6) is 5.75 Å². The Morgan fingerprint density at radius 1 is 1.00 bits per heavy atom. The number of carbonyl (C=O) groups is 1. The minimum absolute atomic E-state index is 0. The molecule has 0 aromatic heterocycles. The molecule has 0 spiro atoms. The van der Waals surface area contributed by atoms with E-state index in [1.165, 1.54) is 0 Å². The summed E-state index contributed by atoms with van der Waals surface area (Å²) in [6.45, 7) is 11.0. The lowest BCUT2D eigenvalue weighted by Crippen LogP contribution is -2.46. The van der Waals surface area contributed by atoms with Crippen molar-refractivity contribution in [3.8, 4) is 5.75 Å². The molecule has 33 heavy (non-hydrogen) atoms. The number of nitrogens with zero attached hydrogens (tertiary/aromatic N) is 1. The van der Waals surface area contributed by atoms with Crippen molar-refractivity contribution in [2.75, 3.05) is 19.0 Å². The molecule has 7 nitrogen and oxygen atoms in total. The average molecular weight is 569 g/mol. The first-order valence-corrected chi connectivity index (χ1v) is 10.8. The van der Waals surface area contributed by atoms with Gasteiger partial charge >= 0.3 is 0 Å². The molecule has 0 atom stereocenters. The summed E-state index contributed by atoms with van der Waals surface area (Å²) in [5.74, 6) is 1.22. The van der Waals surface area contributed by atoms with Gasteiger partial charge in [-0.1, -0.05) is 24.3 Å². The topological polar surface area (TPSA) is 84.0 Å². The van der Waals surface area contributed by atoms with Crippen LogP contribution in [0.2, 0.25) is 0 Å². The highest BCUT2D eigenvalue weighted by molar-refractivity contribution is 14.0. The lowest BCUT2D eigenvalue weighted by Gasteiger charge is -2.21. The zero-order valence-corrected chi connectivity index (χ0v) is 22.7. The van der Waals surface area contributed by atoms with Gasteiger partial charge < -0.3 is 25.4 Å². The van der Waals surface area contributed by atoms with E-state index in [2.05, 4.69) is 20.9 Å². The molecule has 8 heteroatoms. The SMILES string of the molecule is COCc1ccc(CN=C(NCC(=O)NC(C)(C)C)Nc2ccc(OC(C)C)cc2)cc1.I. The molecule has 0 saturated carbocycles. The van der Waals surface area contributed by atoms with Crippen molar-refractivity contribution in [3.05, 3.63) is 59.7 Å². The Morgan fingerprint density at radius 2 is 1.61 bits per heavy atom. The highest BCUT2D eigenvalue weighted by Crippen LogP contribution is 2.17. The first-order chi connectivity index (χ1) is 15.1. The summed E-state index contributed by atoms with van der Waals surface area (Å²) in [6.07, 6.45) is 0.115. The van der Waals surface area contributed by atoms with Crippen molar-refractivity contribution in [2.24, 2.45) is 4.99 Å². The Hall–Kier alpha value is -2.33. The van der Waals surface area contributed by atoms with Crippen LogP contribution in [0.25, 0.3) is 0 Å². The van der Waals surface area contributed by atoms with E-state index >= 15 is 0 Å². The zero-order chi connectivity index (χ0) is 23.6. The van der Waals surface area contributed by atoms with Gasteiger partial charge in [0.05, 0.1) is 25.8 Å². The maximum atomic E-state index is 12.3. The van der Waals surface area contributed by atoms with Crippen molar-refractivity contribution in [2.45, 2.75) is 59.4 Å². The Kier molecular flexibility index (Phi) is 12.2. The van der Waals surface area contributed by atoms with Gasteiger partial charge in [0.1, 0.15) is 5.75 Å². The first-order valence-electron chi connectivity index (χ1n) is 10.8. The van der Waals surface area contributed by atoms with Crippen molar-refractivity contribution in [3.63, 3.8) is 0 Å². The van der Waals surface area contributed by atoms with Crippen LogP contribution in [0.15, 0.2) is 53.5 Å². The van der Waals surface area contributed by atoms with E-state index in [4.69, 9.17) is 9.47 Å². The molecule has 1 amide bonds. The lowest BCUT2D eigenvalue weighted by atomic mass is 10.1. The predicted octanol–water partition coefficient (Wildman–Crippen LogP) is 4.71. The molecule has 2 aromatic rings. The summed E-state index contributed by atoms with van der Waals surface area (Å²) in [5, 5.41) is 9.32. The van der Waals surface area contributed by atoms with Crippen LogP contribution in [0.4, 0.5) is 5.69 Å². The number of nitrogens with one attached hydrogen (secondary N) is 3. The normalized spacial score (nSPS) is 11.5. The fraction of sp³-hybridized carbons (Fsp3) is 0.440. The smallest absolute Gasteiger partial charge is 0.239 e. The number of ether oxygens (including phenoxy) is 2. The summed E-state index contributed by atoms with van der Waals surface area (Å²) in [7, 11) is 1.68. The molecule has 0 aliphatic rings. The maximum Gasteiger partial charge on any atom is 0.239 e. The summed E-state index contributed by atoms with van der Waals surface area (Å²) >= 11 is 0. The number of carbonyl (C=O) groups excluding carboxylic acids is 1. The third-order valence-electron chi connectivity index (χ3n) is 4.17. The van der Waals surface area contributed by atoms with Crippen LogP contribution in [0.1, 0.15) is 45.7 Å². The second kappa shape index (κ2) is 14.0. The van der Waals surface area contributed by atoms with Crippen LogP contribution in [-0.4, -0.2) is 37.2 Å². The minimum atomic E-state index is -0.292. The van der Waals surface area contributed by atoms with Crippen LogP contribution < -0.4 is 20.7 Å². The average Bonchev–Trinajstić information content (AvgIpc) is 2.71. The van der Waals surface area contributed by atoms with Crippen LogP contribution in [0.3, 0.4) is 0 Å². The number of halogens is 1. The molecule has 0 saturated heterocycles. The molecule has 3 N–H and O–H groups in total. The highest BCUT2D eigenvalue weighted by Gasteiger charge is 2.14. The van der Waals surface area contributed by atoms with E-state index in [0.29, 0.717) is 19.1 Å². The number of aliphatic imine (C=N–C) groups is 1. The van der Waals surface area contributed by atoms with E-state index in [0.717, 1.165) is 22.6 Å². The molecule has 0 heterocycles.